The Morgan fingerprint density at radius 3 is 2.41 bits per heavy atom. The predicted octanol–water partition coefficient (Wildman–Crippen LogP) is 4.82. The van der Waals surface area contributed by atoms with Gasteiger partial charge in [-0.1, -0.05) is 0 Å². The maximum atomic E-state index is 14.2. The van der Waals surface area contributed by atoms with E-state index in [-0.39, 0.29) is 23.5 Å². The number of hydrogen-bond donors (Lipinski definition) is 1. The van der Waals surface area contributed by atoms with Crippen LogP contribution in [-0.2, 0) is 0 Å². The molecule has 0 aromatic heterocycles. The fraction of sp³-hybridized carbons (Fsp3) is 0.316. The number of alkyl halides is 1. The molecule has 1 atom stereocenters. The normalized spacial score (nSPS) is 17.5. The fourth-order valence-corrected chi connectivity index (χ4v) is 3.04. The summed E-state index contributed by atoms with van der Waals surface area (Å²) in [5.74, 6) is -5.88. The van der Waals surface area contributed by atoms with Crippen molar-refractivity contribution in [1.29, 1.82) is 0 Å². The molecule has 0 bridgehead atoms. The Labute approximate surface area is 152 Å². The zero-order valence-electron chi connectivity index (χ0n) is 14.2. The summed E-state index contributed by atoms with van der Waals surface area (Å²) < 4.78 is 67.6. The van der Waals surface area contributed by atoms with Crippen LogP contribution >= 0.6 is 0 Å². The van der Waals surface area contributed by atoms with Crippen LogP contribution in [0, 0.1) is 23.3 Å². The number of nitrogens with one attached hydrogen (secondary N) is 1. The zero-order chi connectivity index (χ0) is 19.6. The van der Waals surface area contributed by atoms with E-state index in [1.54, 1.807) is 4.90 Å². The minimum absolute atomic E-state index is 0.0242. The van der Waals surface area contributed by atoms with Crippen LogP contribution < -0.4 is 10.2 Å². The Hall–Kier alpha value is -2.64. The molecule has 1 heterocycles. The highest BCUT2D eigenvalue weighted by Gasteiger charge is 2.21. The van der Waals surface area contributed by atoms with Crippen molar-refractivity contribution in [2.75, 3.05) is 23.3 Å². The Balaban J connectivity index is 1.83. The Bertz CT molecular complexity index is 835. The number of amides is 1. The van der Waals surface area contributed by atoms with Gasteiger partial charge in [-0.3, -0.25) is 4.79 Å². The lowest BCUT2D eigenvalue weighted by Gasteiger charge is -2.24. The average Bonchev–Trinajstić information content (AvgIpc) is 2.84. The van der Waals surface area contributed by atoms with E-state index in [9.17, 15) is 26.7 Å². The number of halogens is 5. The standard InChI is InChI=1S/C19H17F5N2O/c20-12-3-1-2-6-26(10-12)17-7-11(4-5-14(17)21)19(27)25-13-8-15(22)18(24)16(23)9-13/h4-5,7-9,12H,1-3,6,10H2,(H,25,27). The molecule has 0 spiro atoms. The molecule has 3 nitrogen and oxygen atoms in total. The van der Waals surface area contributed by atoms with Gasteiger partial charge < -0.3 is 10.2 Å². The lowest BCUT2D eigenvalue weighted by molar-refractivity contribution is 0.102. The van der Waals surface area contributed by atoms with E-state index in [2.05, 4.69) is 5.32 Å². The van der Waals surface area contributed by atoms with Gasteiger partial charge in [0.05, 0.1) is 5.69 Å². The highest BCUT2D eigenvalue weighted by molar-refractivity contribution is 6.04. The summed E-state index contributed by atoms with van der Waals surface area (Å²) in [4.78, 5) is 13.9. The third-order valence-corrected chi connectivity index (χ3v) is 4.40. The van der Waals surface area contributed by atoms with Crippen molar-refractivity contribution in [2.45, 2.75) is 25.4 Å². The van der Waals surface area contributed by atoms with Crippen molar-refractivity contribution in [3.05, 3.63) is 59.2 Å². The molecule has 0 aliphatic carbocycles. The molecular weight excluding hydrogens is 367 g/mol. The van der Waals surface area contributed by atoms with Gasteiger partial charge in [-0.05, 0) is 37.5 Å². The second-order valence-electron chi connectivity index (χ2n) is 6.41. The molecule has 1 aliphatic heterocycles. The van der Waals surface area contributed by atoms with Crippen LogP contribution in [0.5, 0.6) is 0 Å². The number of benzene rings is 2. The first-order valence-electron chi connectivity index (χ1n) is 8.49. The van der Waals surface area contributed by atoms with Gasteiger partial charge in [0.15, 0.2) is 17.5 Å². The van der Waals surface area contributed by atoms with Crippen LogP contribution in [0.2, 0.25) is 0 Å². The molecule has 144 valence electrons. The van der Waals surface area contributed by atoms with Gasteiger partial charge in [0.2, 0.25) is 0 Å². The van der Waals surface area contributed by atoms with Crippen molar-refractivity contribution in [3.63, 3.8) is 0 Å². The van der Waals surface area contributed by atoms with Gasteiger partial charge in [-0.25, -0.2) is 22.0 Å². The second-order valence-corrected chi connectivity index (χ2v) is 6.41. The van der Waals surface area contributed by atoms with E-state index < -0.39 is 35.3 Å². The van der Waals surface area contributed by atoms with Crippen molar-refractivity contribution >= 4 is 17.3 Å². The van der Waals surface area contributed by atoms with E-state index in [1.165, 1.54) is 12.1 Å². The number of nitrogens with zero attached hydrogens (tertiary/aromatic N) is 1. The van der Waals surface area contributed by atoms with Gasteiger partial charge in [-0.2, -0.15) is 0 Å². The second kappa shape index (κ2) is 7.94. The first-order chi connectivity index (χ1) is 12.8. The molecule has 2 aromatic rings. The van der Waals surface area contributed by atoms with E-state index >= 15 is 0 Å². The van der Waals surface area contributed by atoms with Crippen molar-refractivity contribution < 1.29 is 26.7 Å². The fourth-order valence-electron chi connectivity index (χ4n) is 3.04. The van der Waals surface area contributed by atoms with Gasteiger partial charge >= 0.3 is 0 Å². The highest BCUT2D eigenvalue weighted by Crippen LogP contribution is 2.26. The molecule has 0 radical (unpaired) electrons. The van der Waals surface area contributed by atoms with Crippen LogP contribution in [0.25, 0.3) is 0 Å². The molecule has 3 rings (SSSR count). The summed E-state index contributed by atoms with van der Waals surface area (Å²) >= 11 is 0. The molecule has 1 fully saturated rings. The summed E-state index contributed by atoms with van der Waals surface area (Å²) in [6.45, 7) is 0.479. The molecular formula is C19H17F5N2O. The summed E-state index contributed by atoms with van der Waals surface area (Å²) in [6, 6.07) is 4.83. The Morgan fingerprint density at radius 1 is 1.00 bits per heavy atom. The maximum Gasteiger partial charge on any atom is 0.255 e. The SMILES string of the molecule is O=C(Nc1cc(F)c(F)c(F)c1)c1ccc(F)c(N2CCCCC(F)C2)c1. The van der Waals surface area contributed by atoms with Crippen LogP contribution in [-0.4, -0.2) is 25.2 Å². The number of carbonyl (C=O) groups is 1. The lowest BCUT2D eigenvalue weighted by atomic mass is 10.1. The number of carbonyl (C=O) groups excluding carboxylic acids is 1. The van der Waals surface area contributed by atoms with E-state index in [0.717, 1.165) is 6.07 Å². The number of anilines is 2. The van der Waals surface area contributed by atoms with Crippen LogP contribution in [0.1, 0.15) is 29.6 Å². The van der Waals surface area contributed by atoms with Gasteiger partial charge in [-0.15, -0.1) is 0 Å². The molecule has 1 saturated heterocycles. The minimum atomic E-state index is -1.64. The molecule has 2 aromatic carbocycles. The molecule has 27 heavy (non-hydrogen) atoms. The molecule has 8 heteroatoms. The minimum Gasteiger partial charge on any atom is -0.366 e. The quantitative estimate of drug-likeness (QED) is 0.608. The first-order valence-corrected chi connectivity index (χ1v) is 8.49. The van der Waals surface area contributed by atoms with E-state index in [1.807, 2.05) is 0 Å². The third kappa shape index (κ3) is 4.37. The molecule has 1 amide bonds. The zero-order valence-corrected chi connectivity index (χ0v) is 14.2. The molecule has 1 N–H and O–H groups in total. The van der Waals surface area contributed by atoms with Gasteiger partial charge in [0, 0.05) is 36.5 Å². The monoisotopic (exact) mass is 384 g/mol. The average molecular weight is 384 g/mol. The topological polar surface area (TPSA) is 32.3 Å². The summed E-state index contributed by atoms with van der Waals surface area (Å²) in [6.07, 6.45) is 0.709. The first kappa shape index (κ1) is 19.1. The maximum absolute atomic E-state index is 14.2. The summed E-state index contributed by atoms with van der Waals surface area (Å²) in [5, 5.41) is 2.24. The Kier molecular flexibility index (Phi) is 5.62. The number of hydrogen-bond acceptors (Lipinski definition) is 2. The molecule has 0 saturated carbocycles. The molecule has 1 unspecified atom stereocenters. The third-order valence-electron chi connectivity index (χ3n) is 4.40. The summed E-state index contributed by atoms with van der Waals surface area (Å²) in [7, 11) is 0. The summed E-state index contributed by atoms with van der Waals surface area (Å²) in [5.41, 5.74) is -0.166. The molecule has 1 aliphatic rings. The van der Waals surface area contributed by atoms with E-state index in [4.69, 9.17) is 0 Å². The largest absolute Gasteiger partial charge is 0.366 e. The number of rotatable bonds is 3. The van der Waals surface area contributed by atoms with Crippen LogP contribution in [0.15, 0.2) is 30.3 Å². The van der Waals surface area contributed by atoms with Gasteiger partial charge in [0.25, 0.3) is 5.91 Å². The Morgan fingerprint density at radius 2 is 1.70 bits per heavy atom. The van der Waals surface area contributed by atoms with Crippen LogP contribution in [0.3, 0.4) is 0 Å². The van der Waals surface area contributed by atoms with Crippen molar-refractivity contribution in [1.82, 2.24) is 0 Å². The lowest BCUT2D eigenvalue weighted by Crippen LogP contribution is -2.30. The van der Waals surface area contributed by atoms with Crippen molar-refractivity contribution in [2.24, 2.45) is 0 Å². The van der Waals surface area contributed by atoms with Crippen molar-refractivity contribution in [3.8, 4) is 0 Å². The van der Waals surface area contributed by atoms with Gasteiger partial charge in [0.1, 0.15) is 12.0 Å². The van der Waals surface area contributed by atoms with Crippen LogP contribution in [0.4, 0.5) is 33.3 Å². The smallest absolute Gasteiger partial charge is 0.255 e. The highest BCUT2D eigenvalue weighted by atomic mass is 19.2. The van der Waals surface area contributed by atoms with E-state index in [0.29, 0.717) is 37.9 Å². The predicted molar refractivity (Wildman–Crippen MR) is 91.6 cm³/mol.